The highest BCUT2D eigenvalue weighted by Crippen LogP contribution is 1.70. The van der Waals surface area contributed by atoms with E-state index in [2.05, 4.69) is 5.32 Å². The number of primary amides is 1. The molecule has 0 aliphatic carbocycles. The van der Waals surface area contributed by atoms with Gasteiger partial charge in [0.1, 0.15) is 6.54 Å². The first kappa shape index (κ1) is 7.43. The molecule has 3 N–H and O–H groups in total. The normalized spacial score (nSPS) is 9.12. The first-order valence-corrected chi connectivity index (χ1v) is 2.63. The third-order valence-electron chi connectivity index (χ3n) is 0.639. The number of carbonyl (C=O) groups is 1. The Morgan fingerprint density at radius 2 is 2.50 bits per heavy atom. The van der Waals surface area contributed by atoms with Gasteiger partial charge < -0.3 is 11.1 Å². The maximum absolute atomic E-state index is 9.98. The van der Waals surface area contributed by atoms with E-state index < -0.39 is 5.91 Å². The third-order valence-corrected chi connectivity index (χ3v) is 0.639. The van der Waals surface area contributed by atoms with Gasteiger partial charge in [0.05, 0.1) is 0 Å². The van der Waals surface area contributed by atoms with Crippen molar-refractivity contribution in [2.45, 2.75) is 13.3 Å². The fourth-order valence-corrected chi connectivity index (χ4v) is 0.317. The Bertz CT molecular complexity index is 72.8. The Labute approximate surface area is 49.3 Å². The standard InChI is InChI=1S/C5H11N2O/c1-2-3-7-4-5(6)8/h4,7H,2-3H2,1H3,(H2,6,8). The van der Waals surface area contributed by atoms with E-state index in [1.165, 1.54) is 6.54 Å². The van der Waals surface area contributed by atoms with Gasteiger partial charge in [-0.05, 0) is 13.0 Å². The van der Waals surface area contributed by atoms with E-state index in [1.807, 2.05) is 6.92 Å². The molecule has 0 heterocycles. The summed E-state index contributed by atoms with van der Waals surface area (Å²) in [4.78, 5) is 9.98. The van der Waals surface area contributed by atoms with Crippen molar-refractivity contribution in [1.29, 1.82) is 0 Å². The summed E-state index contributed by atoms with van der Waals surface area (Å²) in [6.07, 6.45) is 1.00. The second-order valence-electron chi connectivity index (χ2n) is 1.50. The highest BCUT2D eigenvalue weighted by atomic mass is 16.1. The predicted molar refractivity (Wildman–Crippen MR) is 31.8 cm³/mol. The lowest BCUT2D eigenvalue weighted by molar-refractivity contribution is -0.115. The zero-order valence-electron chi connectivity index (χ0n) is 4.98. The number of hydrogen-bond donors (Lipinski definition) is 2. The lowest BCUT2D eigenvalue weighted by atomic mass is 10.5. The van der Waals surface area contributed by atoms with E-state index in [9.17, 15) is 4.79 Å². The molecule has 0 bridgehead atoms. The quantitative estimate of drug-likeness (QED) is 0.491. The average Bonchev–Trinajstić information content (AvgIpc) is 1.66. The van der Waals surface area contributed by atoms with Crippen LogP contribution in [0.3, 0.4) is 0 Å². The second kappa shape index (κ2) is 4.59. The van der Waals surface area contributed by atoms with Crippen molar-refractivity contribution in [1.82, 2.24) is 5.32 Å². The van der Waals surface area contributed by atoms with Gasteiger partial charge in [0, 0.05) is 0 Å². The minimum atomic E-state index is -0.418. The summed E-state index contributed by atoms with van der Waals surface area (Å²) in [6, 6.07) is 0. The van der Waals surface area contributed by atoms with Crippen LogP contribution in [0.5, 0.6) is 0 Å². The van der Waals surface area contributed by atoms with E-state index in [4.69, 9.17) is 5.73 Å². The molecule has 47 valence electrons. The molecule has 0 saturated heterocycles. The van der Waals surface area contributed by atoms with Crippen LogP contribution in [-0.2, 0) is 4.79 Å². The van der Waals surface area contributed by atoms with Crippen molar-refractivity contribution in [2.24, 2.45) is 5.73 Å². The zero-order valence-corrected chi connectivity index (χ0v) is 4.98. The molecule has 3 nitrogen and oxygen atoms in total. The van der Waals surface area contributed by atoms with Crippen LogP contribution in [0.25, 0.3) is 0 Å². The van der Waals surface area contributed by atoms with Crippen LogP contribution in [0.4, 0.5) is 0 Å². The summed E-state index contributed by atoms with van der Waals surface area (Å²) in [5.41, 5.74) is 4.78. The Kier molecular flexibility index (Phi) is 4.26. The molecular formula is C5H11N2O. The van der Waals surface area contributed by atoms with E-state index in [0.29, 0.717) is 0 Å². The summed E-state index contributed by atoms with van der Waals surface area (Å²) in [6.45, 7) is 4.09. The molecule has 0 spiro atoms. The topological polar surface area (TPSA) is 55.1 Å². The third kappa shape index (κ3) is 5.43. The number of hydrogen-bond acceptors (Lipinski definition) is 2. The van der Waals surface area contributed by atoms with Crippen molar-refractivity contribution < 1.29 is 4.79 Å². The molecule has 0 aliphatic heterocycles. The van der Waals surface area contributed by atoms with Crippen LogP contribution >= 0.6 is 0 Å². The van der Waals surface area contributed by atoms with Crippen LogP contribution in [0.15, 0.2) is 0 Å². The smallest absolute Gasteiger partial charge is 0.236 e. The van der Waals surface area contributed by atoms with Gasteiger partial charge in [-0.3, -0.25) is 4.79 Å². The maximum Gasteiger partial charge on any atom is 0.236 e. The van der Waals surface area contributed by atoms with Crippen LogP contribution in [0.2, 0.25) is 0 Å². The minimum absolute atomic E-state index is 0.418. The molecule has 0 unspecified atom stereocenters. The monoisotopic (exact) mass is 115 g/mol. The minimum Gasteiger partial charge on any atom is -0.368 e. The molecule has 0 aromatic rings. The van der Waals surface area contributed by atoms with Gasteiger partial charge in [0.25, 0.3) is 0 Å². The van der Waals surface area contributed by atoms with Gasteiger partial charge in [0.15, 0.2) is 0 Å². The Morgan fingerprint density at radius 3 is 2.88 bits per heavy atom. The first-order valence-electron chi connectivity index (χ1n) is 2.63. The van der Waals surface area contributed by atoms with Gasteiger partial charge in [-0.25, -0.2) is 0 Å². The van der Waals surface area contributed by atoms with E-state index in [1.54, 1.807) is 0 Å². The van der Waals surface area contributed by atoms with Gasteiger partial charge in [-0.2, -0.15) is 0 Å². The largest absolute Gasteiger partial charge is 0.368 e. The molecule has 0 saturated carbocycles. The number of nitrogens with two attached hydrogens (primary N) is 1. The molecule has 0 aromatic carbocycles. The molecular weight excluding hydrogens is 104 g/mol. The molecule has 8 heavy (non-hydrogen) atoms. The van der Waals surface area contributed by atoms with Gasteiger partial charge in [0.2, 0.25) is 5.91 Å². The Morgan fingerprint density at radius 1 is 1.88 bits per heavy atom. The lowest BCUT2D eigenvalue weighted by Crippen LogP contribution is -2.23. The molecule has 0 aliphatic rings. The average molecular weight is 115 g/mol. The highest BCUT2D eigenvalue weighted by Gasteiger charge is 1.89. The van der Waals surface area contributed by atoms with Crippen LogP contribution in [-0.4, -0.2) is 12.5 Å². The highest BCUT2D eigenvalue weighted by molar-refractivity contribution is 5.82. The molecule has 0 atom stereocenters. The maximum atomic E-state index is 9.98. The number of amides is 1. The summed E-state index contributed by atoms with van der Waals surface area (Å²) in [7, 11) is 0. The molecule has 0 rings (SSSR count). The van der Waals surface area contributed by atoms with Crippen LogP contribution in [0.1, 0.15) is 13.3 Å². The fraction of sp³-hybridized carbons (Fsp3) is 0.600. The number of rotatable bonds is 4. The summed E-state index contributed by atoms with van der Waals surface area (Å²) in [5.74, 6) is -0.418. The zero-order chi connectivity index (χ0) is 6.41. The van der Waals surface area contributed by atoms with Gasteiger partial charge in [-0.1, -0.05) is 6.92 Å². The van der Waals surface area contributed by atoms with Gasteiger partial charge in [-0.15, -0.1) is 0 Å². The fourth-order valence-electron chi connectivity index (χ4n) is 0.317. The van der Waals surface area contributed by atoms with E-state index in [-0.39, 0.29) is 0 Å². The number of nitrogens with one attached hydrogen (secondary N) is 1. The van der Waals surface area contributed by atoms with Crippen LogP contribution < -0.4 is 11.1 Å². The Hall–Kier alpha value is -0.570. The molecule has 0 aromatic heterocycles. The molecule has 1 radical (unpaired) electrons. The summed E-state index contributed by atoms with van der Waals surface area (Å²) >= 11 is 0. The first-order chi connectivity index (χ1) is 3.77. The second-order valence-corrected chi connectivity index (χ2v) is 1.50. The van der Waals surface area contributed by atoms with Crippen molar-refractivity contribution >= 4 is 5.91 Å². The summed E-state index contributed by atoms with van der Waals surface area (Å²) in [5, 5.41) is 2.73. The van der Waals surface area contributed by atoms with E-state index >= 15 is 0 Å². The van der Waals surface area contributed by atoms with Crippen molar-refractivity contribution in [3.63, 3.8) is 0 Å². The van der Waals surface area contributed by atoms with Crippen molar-refractivity contribution in [3.05, 3.63) is 6.54 Å². The van der Waals surface area contributed by atoms with Crippen LogP contribution in [0, 0.1) is 6.54 Å². The molecule has 0 fully saturated rings. The SMILES string of the molecule is CCCN[CH]C(N)=O. The van der Waals surface area contributed by atoms with Crippen molar-refractivity contribution in [3.8, 4) is 0 Å². The summed E-state index contributed by atoms with van der Waals surface area (Å²) < 4.78 is 0. The van der Waals surface area contributed by atoms with E-state index in [0.717, 1.165) is 13.0 Å². The predicted octanol–water partition coefficient (Wildman–Crippen LogP) is -0.367. The van der Waals surface area contributed by atoms with Crippen molar-refractivity contribution in [2.75, 3.05) is 6.54 Å². The Balaban J connectivity index is 2.82. The molecule has 3 heteroatoms. The lowest BCUT2D eigenvalue weighted by Gasteiger charge is -1.94. The molecule has 1 amide bonds. The van der Waals surface area contributed by atoms with Gasteiger partial charge >= 0.3 is 0 Å². The number of carbonyl (C=O) groups excluding carboxylic acids is 1.